The van der Waals surface area contributed by atoms with Crippen molar-refractivity contribution in [3.63, 3.8) is 0 Å². The second-order valence-electron chi connectivity index (χ2n) is 5.07. The maximum atomic E-state index is 9.48. The van der Waals surface area contributed by atoms with E-state index < -0.39 is 0 Å². The molecule has 0 aromatic heterocycles. The molecule has 2 aliphatic rings. The lowest BCUT2D eigenvalue weighted by Crippen LogP contribution is -2.47. The van der Waals surface area contributed by atoms with Gasteiger partial charge in [-0.15, -0.1) is 0 Å². The Bertz CT molecular complexity index is 190. The number of aliphatic hydroxyl groups excluding tert-OH is 1. The molecule has 0 radical (unpaired) electrons. The molecule has 2 N–H and O–H groups in total. The zero-order valence-corrected chi connectivity index (χ0v) is 9.78. The smallest absolute Gasteiger partial charge is 0.0564 e. The van der Waals surface area contributed by atoms with Gasteiger partial charge >= 0.3 is 0 Å². The Morgan fingerprint density at radius 2 is 1.87 bits per heavy atom. The molecule has 1 aliphatic carbocycles. The minimum Gasteiger partial charge on any atom is -0.393 e. The number of likely N-dealkylation sites (tertiary alicyclic amines) is 1. The highest BCUT2D eigenvalue weighted by atomic mass is 16.3. The third kappa shape index (κ3) is 2.92. The lowest BCUT2D eigenvalue weighted by molar-refractivity contribution is 0.0466. The molecular weight excluding hydrogens is 188 g/mol. The molecule has 2 atom stereocenters. The van der Waals surface area contributed by atoms with Crippen LogP contribution in [0.2, 0.25) is 0 Å². The standard InChI is InChI=1S/C12H24N2O/c1-13-10-3-2-4-11(9-10)14-7-5-12(15)6-8-14/h10-13,15H,2-9H2,1H3. The molecule has 2 fully saturated rings. The van der Waals surface area contributed by atoms with Gasteiger partial charge < -0.3 is 15.3 Å². The van der Waals surface area contributed by atoms with Crippen LogP contribution in [0.3, 0.4) is 0 Å². The zero-order chi connectivity index (χ0) is 10.7. The molecule has 1 aliphatic heterocycles. The molecule has 0 aromatic rings. The van der Waals surface area contributed by atoms with Crippen LogP contribution >= 0.6 is 0 Å². The number of hydrogen-bond donors (Lipinski definition) is 2. The van der Waals surface area contributed by atoms with Gasteiger partial charge in [-0.25, -0.2) is 0 Å². The van der Waals surface area contributed by atoms with E-state index in [0.29, 0.717) is 0 Å². The van der Waals surface area contributed by atoms with E-state index in [1.165, 1.54) is 25.7 Å². The summed E-state index contributed by atoms with van der Waals surface area (Å²) in [5.41, 5.74) is 0. The quantitative estimate of drug-likeness (QED) is 0.716. The molecule has 3 heteroatoms. The van der Waals surface area contributed by atoms with E-state index in [-0.39, 0.29) is 6.10 Å². The Hall–Kier alpha value is -0.120. The van der Waals surface area contributed by atoms with E-state index in [9.17, 15) is 5.11 Å². The van der Waals surface area contributed by atoms with Crippen molar-refractivity contribution in [2.45, 2.75) is 56.7 Å². The first-order valence-electron chi connectivity index (χ1n) is 6.39. The maximum Gasteiger partial charge on any atom is 0.0564 e. The summed E-state index contributed by atoms with van der Waals surface area (Å²) in [6.45, 7) is 2.20. The van der Waals surface area contributed by atoms with Gasteiger partial charge in [0.1, 0.15) is 0 Å². The van der Waals surface area contributed by atoms with E-state index in [4.69, 9.17) is 0 Å². The number of rotatable bonds is 2. The highest BCUT2D eigenvalue weighted by molar-refractivity contribution is 4.85. The van der Waals surface area contributed by atoms with E-state index >= 15 is 0 Å². The van der Waals surface area contributed by atoms with Gasteiger partial charge in [0.2, 0.25) is 0 Å². The average Bonchev–Trinajstić information content (AvgIpc) is 2.30. The molecule has 0 spiro atoms. The third-order valence-corrected chi connectivity index (χ3v) is 4.07. The first-order valence-corrected chi connectivity index (χ1v) is 6.39. The van der Waals surface area contributed by atoms with Crippen LogP contribution in [0.1, 0.15) is 38.5 Å². The molecule has 1 saturated heterocycles. The van der Waals surface area contributed by atoms with E-state index in [1.54, 1.807) is 0 Å². The Kier molecular flexibility index (Phi) is 4.00. The van der Waals surface area contributed by atoms with E-state index in [2.05, 4.69) is 17.3 Å². The molecule has 88 valence electrons. The summed E-state index contributed by atoms with van der Waals surface area (Å²) < 4.78 is 0. The fourth-order valence-electron chi connectivity index (χ4n) is 3.01. The normalized spacial score (nSPS) is 35.6. The number of piperidine rings is 1. The molecule has 2 unspecified atom stereocenters. The van der Waals surface area contributed by atoms with Crippen molar-refractivity contribution in [2.75, 3.05) is 20.1 Å². The fraction of sp³-hybridized carbons (Fsp3) is 1.00. The Labute approximate surface area is 92.8 Å². The second kappa shape index (κ2) is 5.28. The molecule has 3 nitrogen and oxygen atoms in total. The lowest BCUT2D eigenvalue weighted by atomic mass is 9.89. The van der Waals surface area contributed by atoms with Crippen molar-refractivity contribution in [3.8, 4) is 0 Å². The van der Waals surface area contributed by atoms with Crippen LogP contribution in [0.15, 0.2) is 0 Å². The first-order chi connectivity index (χ1) is 7.29. The number of aliphatic hydroxyl groups is 1. The molecule has 0 bridgehead atoms. The van der Waals surface area contributed by atoms with Crippen LogP contribution in [0.5, 0.6) is 0 Å². The summed E-state index contributed by atoms with van der Waals surface area (Å²) in [6, 6.07) is 1.49. The van der Waals surface area contributed by atoms with Gasteiger partial charge in [0.25, 0.3) is 0 Å². The lowest BCUT2D eigenvalue weighted by Gasteiger charge is -2.40. The van der Waals surface area contributed by atoms with Crippen molar-refractivity contribution in [2.24, 2.45) is 0 Å². The summed E-state index contributed by atoms with van der Waals surface area (Å²) in [4.78, 5) is 2.59. The van der Waals surface area contributed by atoms with Gasteiger partial charge in [0.05, 0.1) is 6.10 Å². The zero-order valence-electron chi connectivity index (χ0n) is 9.78. The van der Waals surface area contributed by atoms with Gasteiger partial charge in [0.15, 0.2) is 0 Å². The van der Waals surface area contributed by atoms with Gasteiger partial charge in [-0.3, -0.25) is 0 Å². The number of nitrogens with one attached hydrogen (secondary N) is 1. The topological polar surface area (TPSA) is 35.5 Å². The van der Waals surface area contributed by atoms with Crippen molar-refractivity contribution >= 4 is 0 Å². The Balaban J connectivity index is 1.82. The van der Waals surface area contributed by atoms with Crippen molar-refractivity contribution in [3.05, 3.63) is 0 Å². The highest BCUT2D eigenvalue weighted by Crippen LogP contribution is 2.25. The summed E-state index contributed by atoms with van der Waals surface area (Å²) in [5.74, 6) is 0. The SMILES string of the molecule is CNC1CCCC(N2CCC(O)CC2)C1. The van der Waals surface area contributed by atoms with E-state index in [1.807, 2.05) is 0 Å². The predicted octanol–water partition coefficient (Wildman–Crippen LogP) is 0.974. The minimum atomic E-state index is -0.0371. The van der Waals surface area contributed by atoms with Gasteiger partial charge in [-0.2, -0.15) is 0 Å². The van der Waals surface area contributed by atoms with Gasteiger partial charge in [-0.05, 0) is 39.2 Å². The van der Waals surface area contributed by atoms with Crippen LogP contribution < -0.4 is 5.32 Å². The largest absolute Gasteiger partial charge is 0.393 e. The average molecular weight is 212 g/mol. The van der Waals surface area contributed by atoms with Crippen molar-refractivity contribution in [1.29, 1.82) is 0 Å². The fourth-order valence-corrected chi connectivity index (χ4v) is 3.01. The van der Waals surface area contributed by atoms with Crippen molar-refractivity contribution in [1.82, 2.24) is 10.2 Å². The number of hydrogen-bond acceptors (Lipinski definition) is 3. The molecule has 1 saturated carbocycles. The van der Waals surface area contributed by atoms with Crippen LogP contribution in [0.25, 0.3) is 0 Å². The summed E-state index contributed by atoms with van der Waals surface area (Å²) >= 11 is 0. The Morgan fingerprint density at radius 1 is 1.13 bits per heavy atom. The number of nitrogens with zero attached hydrogens (tertiary/aromatic N) is 1. The highest BCUT2D eigenvalue weighted by Gasteiger charge is 2.28. The summed E-state index contributed by atoms with van der Waals surface area (Å²) in [7, 11) is 2.08. The van der Waals surface area contributed by atoms with Crippen molar-refractivity contribution < 1.29 is 5.11 Å². The van der Waals surface area contributed by atoms with Crippen LogP contribution in [-0.4, -0.2) is 48.3 Å². The predicted molar refractivity (Wildman–Crippen MR) is 61.9 cm³/mol. The summed E-state index contributed by atoms with van der Waals surface area (Å²) in [5, 5.41) is 12.9. The molecule has 0 amide bonds. The molecule has 1 heterocycles. The molecule has 15 heavy (non-hydrogen) atoms. The van der Waals surface area contributed by atoms with E-state index in [0.717, 1.165) is 38.0 Å². The minimum absolute atomic E-state index is 0.0371. The second-order valence-corrected chi connectivity index (χ2v) is 5.07. The maximum absolute atomic E-state index is 9.48. The third-order valence-electron chi connectivity index (χ3n) is 4.07. The Morgan fingerprint density at radius 3 is 2.53 bits per heavy atom. The molecular formula is C12H24N2O. The summed E-state index contributed by atoms with van der Waals surface area (Å²) in [6.07, 6.45) is 7.26. The van der Waals surface area contributed by atoms with Crippen LogP contribution in [0, 0.1) is 0 Å². The monoisotopic (exact) mass is 212 g/mol. The van der Waals surface area contributed by atoms with Gasteiger partial charge in [-0.1, -0.05) is 6.42 Å². The first kappa shape index (κ1) is 11.4. The molecule has 2 rings (SSSR count). The molecule has 0 aromatic carbocycles. The van der Waals surface area contributed by atoms with Crippen LogP contribution in [0.4, 0.5) is 0 Å². The van der Waals surface area contributed by atoms with Gasteiger partial charge in [0, 0.05) is 25.2 Å². The van der Waals surface area contributed by atoms with Crippen LogP contribution in [-0.2, 0) is 0 Å².